The zero-order valence-corrected chi connectivity index (χ0v) is 27.8. The predicted octanol–water partition coefficient (Wildman–Crippen LogP) is 8.48. The number of fused-ring (bicyclic) bond motifs is 1. The summed E-state index contributed by atoms with van der Waals surface area (Å²) in [6, 6.07) is 18.0. The van der Waals surface area contributed by atoms with E-state index in [9.17, 15) is 14.4 Å². The minimum Gasteiger partial charge on any atom is -0.444 e. The summed E-state index contributed by atoms with van der Waals surface area (Å²) < 4.78 is 5.54. The molecule has 0 aliphatic heterocycles. The van der Waals surface area contributed by atoms with Crippen LogP contribution in [-0.2, 0) is 14.3 Å². The van der Waals surface area contributed by atoms with Crippen molar-refractivity contribution in [3.05, 3.63) is 77.4 Å². The summed E-state index contributed by atoms with van der Waals surface area (Å²) in [6.07, 6.45) is 3.76. The number of ether oxygens (including phenoxy) is 1. The van der Waals surface area contributed by atoms with Crippen molar-refractivity contribution in [3.8, 4) is 0 Å². The van der Waals surface area contributed by atoms with Gasteiger partial charge in [0.25, 0.3) is 5.91 Å². The summed E-state index contributed by atoms with van der Waals surface area (Å²) in [6.45, 7) is 15.8. The number of carbonyl (C=O) groups is 3. The number of carbonyl (C=O) groups excluding carboxylic acids is 3. The van der Waals surface area contributed by atoms with Crippen LogP contribution in [0.5, 0.6) is 0 Å². The maximum Gasteiger partial charge on any atom is 0.408 e. The highest BCUT2D eigenvalue weighted by Crippen LogP contribution is 2.30. The second kappa shape index (κ2) is 15.7. The van der Waals surface area contributed by atoms with Crippen molar-refractivity contribution < 1.29 is 19.1 Å². The van der Waals surface area contributed by atoms with Gasteiger partial charge >= 0.3 is 6.09 Å². The third kappa shape index (κ3) is 9.57. The number of hydrogen-bond acceptors (Lipinski definition) is 4. The first-order valence-electron chi connectivity index (χ1n) is 16.0. The molecule has 7 heteroatoms. The number of alkyl carbamates (subject to hydrolysis) is 1. The lowest BCUT2D eigenvalue weighted by atomic mass is 9.93. The molecule has 0 fully saturated rings. The molecule has 3 amide bonds. The maximum atomic E-state index is 14.6. The lowest BCUT2D eigenvalue weighted by Crippen LogP contribution is -2.55. The minimum absolute atomic E-state index is 0.184. The van der Waals surface area contributed by atoms with Crippen molar-refractivity contribution in [1.29, 1.82) is 0 Å². The van der Waals surface area contributed by atoms with E-state index in [1.807, 2.05) is 88.4 Å². The lowest BCUT2D eigenvalue weighted by Gasteiger charge is -2.36. The normalized spacial score (nSPS) is 13.5. The average Bonchev–Trinajstić information content (AvgIpc) is 2.96. The Morgan fingerprint density at radius 2 is 1.59 bits per heavy atom. The Balaban J connectivity index is 2.08. The van der Waals surface area contributed by atoms with E-state index in [2.05, 4.69) is 17.6 Å². The van der Waals surface area contributed by atoms with Crippen molar-refractivity contribution in [2.75, 3.05) is 11.9 Å². The first-order chi connectivity index (χ1) is 20.8. The standard InChI is InChI=1S/C37H51N3O4/c1-9-11-12-15-22-40(35(42)32(26(4)10-2)39-36(43)44-37(6,7)8)33(31-21-18-25(3)23-27(31)5)34(41)38-30-20-19-28-16-13-14-17-29(28)24-30/h13-14,16-21,23-24,26,32-33H,9-12,15,22H2,1-8H3,(H,38,41)(H,39,43). The smallest absolute Gasteiger partial charge is 0.408 e. The second-order valence-electron chi connectivity index (χ2n) is 12.9. The molecular weight excluding hydrogens is 550 g/mol. The molecule has 0 spiro atoms. The summed E-state index contributed by atoms with van der Waals surface area (Å²) in [5, 5.41) is 8.07. The van der Waals surface area contributed by atoms with Gasteiger partial charge in [0.1, 0.15) is 17.7 Å². The van der Waals surface area contributed by atoms with Crippen LogP contribution in [0.15, 0.2) is 60.7 Å². The van der Waals surface area contributed by atoms with Crippen molar-refractivity contribution >= 4 is 34.4 Å². The van der Waals surface area contributed by atoms with E-state index < -0.39 is 23.8 Å². The molecule has 3 aromatic rings. The fraction of sp³-hybridized carbons (Fsp3) is 0.486. The van der Waals surface area contributed by atoms with E-state index in [0.717, 1.165) is 53.1 Å². The summed E-state index contributed by atoms with van der Waals surface area (Å²) in [4.78, 5) is 43.6. The van der Waals surface area contributed by atoms with Crippen molar-refractivity contribution in [1.82, 2.24) is 10.2 Å². The van der Waals surface area contributed by atoms with Gasteiger partial charge in [-0.2, -0.15) is 0 Å². The molecule has 0 saturated heterocycles. The van der Waals surface area contributed by atoms with Crippen LogP contribution in [0.1, 0.15) is 96.4 Å². The van der Waals surface area contributed by atoms with E-state index in [-0.39, 0.29) is 17.7 Å². The first-order valence-corrected chi connectivity index (χ1v) is 16.0. The molecule has 3 rings (SSSR count). The minimum atomic E-state index is -0.900. The Kier molecular flexibility index (Phi) is 12.4. The van der Waals surface area contributed by atoms with Gasteiger partial charge in [-0.1, -0.05) is 101 Å². The number of anilines is 1. The van der Waals surface area contributed by atoms with Gasteiger partial charge in [0, 0.05) is 12.2 Å². The van der Waals surface area contributed by atoms with Crippen LogP contribution in [0.2, 0.25) is 0 Å². The zero-order chi connectivity index (χ0) is 32.4. The fourth-order valence-electron chi connectivity index (χ4n) is 5.43. The third-order valence-corrected chi connectivity index (χ3v) is 7.98. The van der Waals surface area contributed by atoms with Crippen LogP contribution >= 0.6 is 0 Å². The Labute approximate surface area is 263 Å². The molecule has 0 aliphatic carbocycles. The molecule has 0 aliphatic rings. The van der Waals surface area contributed by atoms with Gasteiger partial charge in [-0.3, -0.25) is 9.59 Å². The second-order valence-corrected chi connectivity index (χ2v) is 12.9. The van der Waals surface area contributed by atoms with E-state index >= 15 is 0 Å². The molecule has 0 aromatic heterocycles. The van der Waals surface area contributed by atoms with E-state index in [1.165, 1.54) is 0 Å². The Hall–Kier alpha value is -3.87. The van der Waals surface area contributed by atoms with Crippen molar-refractivity contribution in [2.24, 2.45) is 5.92 Å². The predicted molar refractivity (Wildman–Crippen MR) is 180 cm³/mol. The highest BCUT2D eigenvalue weighted by Gasteiger charge is 2.38. The summed E-state index contributed by atoms with van der Waals surface area (Å²) in [5.74, 6) is -0.770. The van der Waals surface area contributed by atoms with E-state index in [1.54, 1.807) is 25.7 Å². The Bertz CT molecular complexity index is 1430. The molecule has 0 radical (unpaired) electrons. The molecule has 0 saturated carbocycles. The lowest BCUT2D eigenvalue weighted by molar-refractivity contribution is -0.142. The summed E-state index contributed by atoms with van der Waals surface area (Å²) in [5.41, 5.74) is 2.71. The highest BCUT2D eigenvalue weighted by atomic mass is 16.6. The third-order valence-electron chi connectivity index (χ3n) is 7.98. The quantitative estimate of drug-likeness (QED) is 0.192. The molecule has 238 valence electrons. The molecule has 2 N–H and O–H groups in total. The van der Waals surface area contributed by atoms with Crippen LogP contribution in [0.3, 0.4) is 0 Å². The molecule has 0 bridgehead atoms. The number of nitrogens with one attached hydrogen (secondary N) is 2. The highest BCUT2D eigenvalue weighted by molar-refractivity contribution is 6.00. The molecule has 44 heavy (non-hydrogen) atoms. The van der Waals surface area contributed by atoms with Crippen LogP contribution in [0, 0.1) is 19.8 Å². The fourth-order valence-corrected chi connectivity index (χ4v) is 5.43. The SMILES string of the molecule is CCCCCCN(C(=O)C(NC(=O)OC(C)(C)C)C(C)CC)C(C(=O)Nc1ccc2ccccc2c1)c1ccc(C)cc1C. The van der Waals surface area contributed by atoms with Gasteiger partial charge in [-0.15, -0.1) is 0 Å². The van der Waals surface area contributed by atoms with E-state index in [4.69, 9.17) is 4.74 Å². The molecule has 7 nitrogen and oxygen atoms in total. The van der Waals surface area contributed by atoms with Gasteiger partial charge < -0.3 is 20.3 Å². The monoisotopic (exact) mass is 601 g/mol. The van der Waals surface area contributed by atoms with Gasteiger partial charge in [0.15, 0.2) is 0 Å². The number of aryl methyl sites for hydroxylation is 2. The molecule has 0 heterocycles. The van der Waals surface area contributed by atoms with Crippen LogP contribution in [0.25, 0.3) is 10.8 Å². The van der Waals surface area contributed by atoms with Crippen LogP contribution in [-0.4, -0.2) is 41.0 Å². The first kappa shape index (κ1) is 34.6. The summed E-state index contributed by atoms with van der Waals surface area (Å²) in [7, 11) is 0. The van der Waals surface area contributed by atoms with Gasteiger partial charge in [-0.25, -0.2) is 4.79 Å². The number of nitrogens with zero attached hydrogens (tertiary/aromatic N) is 1. The number of hydrogen-bond donors (Lipinski definition) is 2. The van der Waals surface area contributed by atoms with Gasteiger partial charge in [-0.05, 0) is 81.0 Å². The number of rotatable bonds is 13. The molecule has 3 aromatic carbocycles. The molecule has 3 atom stereocenters. The van der Waals surface area contributed by atoms with Crippen molar-refractivity contribution in [2.45, 2.75) is 105 Å². The van der Waals surface area contributed by atoms with Crippen molar-refractivity contribution in [3.63, 3.8) is 0 Å². The number of benzene rings is 3. The zero-order valence-electron chi connectivity index (χ0n) is 27.8. The molecule has 3 unspecified atom stereocenters. The van der Waals surface area contributed by atoms with Crippen LogP contribution < -0.4 is 10.6 Å². The van der Waals surface area contributed by atoms with E-state index in [0.29, 0.717) is 18.7 Å². The maximum absolute atomic E-state index is 14.6. The van der Waals surface area contributed by atoms with Gasteiger partial charge in [0.05, 0.1) is 0 Å². The number of amides is 3. The summed E-state index contributed by atoms with van der Waals surface area (Å²) >= 11 is 0. The topological polar surface area (TPSA) is 87.7 Å². The largest absolute Gasteiger partial charge is 0.444 e. The van der Waals surface area contributed by atoms with Crippen LogP contribution in [0.4, 0.5) is 10.5 Å². The Morgan fingerprint density at radius 1 is 0.886 bits per heavy atom. The average molecular weight is 602 g/mol. The number of unbranched alkanes of at least 4 members (excludes halogenated alkanes) is 3. The Morgan fingerprint density at radius 3 is 2.23 bits per heavy atom. The van der Waals surface area contributed by atoms with Gasteiger partial charge in [0.2, 0.25) is 5.91 Å². The molecular formula is C37H51N3O4.